The number of benzene rings is 2. The van der Waals surface area contributed by atoms with Crippen LogP contribution < -0.4 is 4.74 Å². The minimum atomic E-state index is -0.353. The molecule has 18 heavy (non-hydrogen) atoms. The minimum Gasteiger partial charge on any atom is -0.508 e. The maximum Gasteiger partial charge on any atom is 0.150 e. The summed E-state index contributed by atoms with van der Waals surface area (Å²) in [6, 6.07) is 10.4. The van der Waals surface area contributed by atoms with Gasteiger partial charge in [-0.3, -0.25) is 4.79 Å². The molecule has 3 nitrogen and oxygen atoms in total. The van der Waals surface area contributed by atoms with Crippen molar-refractivity contribution in [3.8, 4) is 11.5 Å². The molecule has 1 N–H and O–H groups in total. The summed E-state index contributed by atoms with van der Waals surface area (Å²) >= 11 is 0. The first-order chi connectivity index (χ1) is 8.69. The predicted molar refractivity (Wildman–Crippen MR) is 64.2 cm³/mol. The Labute approximate surface area is 103 Å². The molecule has 0 bridgehead atoms. The number of rotatable bonds is 4. The van der Waals surface area contributed by atoms with Gasteiger partial charge in [0, 0.05) is 17.2 Å². The smallest absolute Gasteiger partial charge is 0.150 e. The van der Waals surface area contributed by atoms with Crippen molar-refractivity contribution in [1.29, 1.82) is 0 Å². The van der Waals surface area contributed by atoms with E-state index in [1.54, 1.807) is 18.2 Å². The maximum atomic E-state index is 13.3. The second kappa shape index (κ2) is 5.31. The Hall–Kier alpha value is -2.36. The first-order valence-electron chi connectivity index (χ1n) is 5.34. The van der Waals surface area contributed by atoms with E-state index in [-0.39, 0.29) is 18.2 Å². The maximum absolute atomic E-state index is 13.3. The molecule has 0 amide bonds. The SMILES string of the molecule is O=Cc1cc(O)cc(OCc2ccccc2F)c1. The van der Waals surface area contributed by atoms with Crippen LogP contribution in [-0.2, 0) is 6.61 Å². The number of phenolic OH excluding ortho intramolecular Hbond substituents is 1. The van der Waals surface area contributed by atoms with Gasteiger partial charge in [0.25, 0.3) is 0 Å². The van der Waals surface area contributed by atoms with Crippen molar-refractivity contribution in [2.45, 2.75) is 6.61 Å². The van der Waals surface area contributed by atoms with Crippen LogP contribution in [0.5, 0.6) is 11.5 Å². The van der Waals surface area contributed by atoms with Gasteiger partial charge in [0.15, 0.2) is 0 Å². The molecule has 0 radical (unpaired) electrons. The Morgan fingerprint density at radius 2 is 2.00 bits per heavy atom. The number of hydrogen-bond acceptors (Lipinski definition) is 3. The van der Waals surface area contributed by atoms with Gasteiger partial charge >= 0.3 is 0 Å². The third-order valence-corrected chi connectivity index (χ3v) is 2.40. The molecule has 92 valence electrons. The van der Waals surface area contributed by atoms with Crippen molar-refractivity contribution >= 4 is 6.29 Å². The first kappa shape index (κ1) is 12.1. The largest absolute Gasteiger partial charge is 0.508 e. The lowest BCUT2D eigenvalue weighted by molar-refractivity contribution is 0.112. The van der Waals surface area contributed by atoms with Crippen molar-refractivity contribution in [3.05, 3.63) is 59.4 Å². The molecule has 2 aromatic carbocycles. The van der Waals surface area contributed by atoms with E-state index in [1.165, 1.54) is 24.3 Å². The summed E-state index contributed by atoms with van der Waals surface area (Å²) < 4.78 is 18.7. The second-order valence-electron chi connectivity index (χ2n) is 3.76. The Morgan fingerprint density at radius 1 is 1.22 bits per heavy atom. The van der Waals surface area contributed by atoms with E-state index in [0.717, 1.165) is 0 Å². The van der Waals surface area contributed by atoms with Gasteiger partial charge in [-0.25, -0.2) is 4.39 Å². The van der Waals surface area contributed by atoms with Crippen LogP contribution >= 0.6 is 0 Å². The molecule has 0 unspecified atom stereocenters. The van der Waals surface area contributed by atoms with Crippen LogP contribution in [0.4, 0.5) is 4.39 Å². The van der Waals surface area contributed by atoms with E-state index in [9.17, 15) is 14.3 Å². The standard InChI is InChI=1S/C14H11FO3/c15-14-4-2-1-3-11(14)9-18-13-6-10(8-16)5-12(17)7-13/h1-8,17H,9H2. The van der Waals surface area contributed by atoms with Crippen LogP contribution in [0.25, 0.3) is 0 Å². The van der Waals surface area contributed by atoms with Crippen molar-refractivity contribution in [2.24, 2.45) is 0 Å². The highest BCUT2D eigenvalue weighted by Crippen LogP contribution is 2.22. The molecule has 0 fully saturated rings. The third-order valence-electron chi connectivity index (χ3n) is 2.40. The molecule has 0 aliphatic carbocycles. The van der Waals surface area contributed by atoms with Gasteiger partial charge in [-0.15, -0.1) is 0 Å². The molecule has 2 aromatic rings. The number of hydrogen-bond donors (Lipinski definition) is 1. The van der Waals surface area contributed by atoms with E-state index in [0.29, 0.717) is 23.2 Å². The lowest BCUT2D eigenvalue weighted by Crippen LogP contribution is -1.98. The predicted octanol–water partition coefficient (Wildman–Crippen LogP) is 2.92. The number of carbonyl (C=O) groups is 1. The highest BCUT2D eigenvalue weighted by molar-refractivity contribution is 5.76. The Bertz CT molecular complexity index is 567. The molecule has 0 saturated heterocycles. The summed E-state index contributed by atoms with van der Waals surface area (Å²) in [6.45, 7) is 0.0361. The summed E-state index contributed by atoms with van der Waals surface area (Å²) in [4.78, 5) is 10.6. The average Bonchev–Trinajstić information content (AvgIpc) is 2.37. The number of carbonyl (C=O) groups excluding carboxylic acids is 1. The number of ether oxygens (including phenoxy) is 1. The number of aromatic hydroxyl groups is 1. The molecule has 0 aliphatic heterocycles. The fourth-order valence-electron chi connectivity index (χ4n) is 1.53. The van der Waals surface area contributed by atoms with Crippen molar-refractivity contribution in [1.82, 2.24) is 0 Å². The summed E-state index contributed by atoms with van der Waals surface area (Å²) in [5, 5.41) is 9.36. The lowest BCUT2D eigenvalue weighted by atomic mass is 10.2. The highest BCUT2D eigenvalue weighted by atomic mass is 19.1. The fraction of sp³-hybridized carbons (Fsp3) is 0.0714. The number of halogens is 1. The highest BCUT2D eigenvalue weighted by Gasteiger charge is 2.04. The number of phenols is 1. The minimum absolute atomic E-state index is 0.0361. The molecule has 0 heterocycles. The summed E-state index contributed by atoms with van der Waals surface area (Å²) in [7, 11) is 0. The van der Waals surface area contributed by atoms with Gasteiger partial charge in [-0.1, -0.05) is 18.2 Å². The summed E-state index contributed by atoms with van der Waals surface area (Å²) in [6.07, 6.45) is 0.607. The van der Waals surface area contributed by atoms with Crippen LogP contribution in [0.2, 0.25) is 0 Å². The van der Waals surface area contributed by atoms with Gasteiger partial charge in [0.1, 0.15) is 30.2 Å². The van der Waals surface area contributed by atoms with E-state index in [2.05, 4.69) is 0 Å². The third kappa shape index (κ3) is 2.85. The van der Waals surface area contributed by atoms with Crippen molar-refractivity contribution in [2.75, 3.05) is 0 Å². The Kier molecular flexibility index (Phi) is 3.57. The second-order valence-corrected chi connectivity index (χ2v) is 3.76. The molecule has 4 heteroatoms. The van der Waals surface area contributed by atoms with Gasteiger partial charge in [-0.2, -0.15) is 0 Å². The van der Waals surface area contributed by atoms with Gasteiger partial charge in [0.05, 0.1) is 0 Å². The fourth-order valence-corrected chi connectivity index (χ4v) is 1.53. The van der Waals surface area contributed by atoms with Crippen LogP contribution in [-0.4, -0.2) is 11.4 Å². The van der Waals surface area contributed by atoms with Crippen LogP contribution in [0.1, 0.15) is 15.9 Å². The lowest BCUT2D eigenvalue weighted by Gasteiger charge is -2.08. The monoisotopic (exact) mass is 246 g/mol. The van der Waals surface area contributed by atoms with Gasteiger partial charge in [0.2, 0.25) is 0 Å². The zero-order valence-electron chi connectivity index (χ0n) is 9.47. The number of aldehydes is 1. The van der Waals surface area contributed by atoms with E-state index in [1.807, 2.05) is 0 Å². The molecule has 0 saturated carbocycles. The quantitative estimate of drug-likeness (QED) is 0.844. The van der Waals surface area contributed by atoms with Crippen LogP contribution in [0.3, 0.4) is 0 Å². The molecule has 0 spiro atoms. The summed E-state index contributed by atoms with van der Waals surface area (Å²) in [5.41, 5.74) is 0.715. The Morgan fingerprint density at radius 3 is 2.72 bits per heavy atom. The van der Waals surface area contributed by atoms with Gasteiger partial charge in [-0.05, 0) is 18.2 Å². The van der Waals surface area contributed by atoms with Gasteiger partial charge < -0.3 is 9.84 Å². The van der Waals surface area contributed by atoms with Crippen molar-refractivity contribution < 1.29 is 19.0 Å². The first-order valence-corrected chi connectivity index (χ1v) is 5.34. The normalized spacial score (nSPS) is 10.1. The molecule has 0 atom stereocenters. The topological polar surface area (TPSA) is 46.5 Å². The van der Waals surface area contributed by atoms with Crippen LogP contribution in [0, 0.1) is 5.82 Å². The molecule has 0 aliphatic rings. The van der Waals surface area contributed by atoms with E-state index >= 15 is 0 Å². The zero-order valence-corrected chi connectivity index (χ0v) is 9.47. The van der Waals surface area contributed by atoms with E-state index in [4.69, 9.17) is 4.74 Å². The molecular formula is C14H11FO3. The Balaban J connectivity index is 2.13. The molecule has 2 rings (SSSR count). The van der Waals surface area contributed by atoms with Crippen molar-refractivity contribution in [3.63, 3.8) is 0 Å². The summed E-state index contributed by atoms with van der Waals surface area (Å²) in [5.74, 6) is -0.100. The van der Waals surface area contributed by atoms with E-state index < -0.39 is 0 Å². The average molecular weight is 246 g/mol. The zero-order chi connectivity index (χ0) is 13.0. The molecule has 0 aromatic heterocycles. The molecular weight excluding hydrogens is 235 g/mol. The van der Waals surface area contributed by atoms with Crippen LogP contribution in [0.15, 0.2) is 42.5 Å².